The van der Waals surface area contributed by atoms with Crippen LogP contribution in [0.3, 0.4) is 0 Å². The van der Waals surface area contributed by atoms with Crippen LogP contribution in [0, 0.1) is 13.8 Å². The maximum atomic E-state index is 2.52. The second-order valence-electron chi connectivity index (χ2n) is 6.85. The summed E-state index contributed by atoms with van der Waals surface area (Å²) in [5.41, 5.74) is 6.53. The molecule has 3 aromatic rings. The molecule has 1 aliphatic heterocycles. The Kier molecular flexibility index (Phi) is 4.19. The molecule has 0 aliphatic carbocycles. The Bertz CT molecular complexity index is 803. The van der Waals surface area contributed by atoms with Gasteiger partial charge in [0.15, 0.2) is 0 Å². The molecule has 3 aromatic carbocycles. The third-order valence-electron chi connectivity index (χ3n) is 4.94. The summed E-state index contributed by atoms with van der Waals surface area (Å²) in [6, 6.07) is 28.5. The molecule has 1 aliphatic rings. The highest BCUT2D eigenvalue weighted by atomic mass is 15.4. The molecule has 4 rings (SSSR count). The quantitative estimate of drug-likeness (QED) is 0.641. The monoisotopic (exact) mass is 328 g/mol. The van der Waals surface area contributed by atoms with Crippen LogP contribution in [-0.2, 0) is 0 Å². The molecule has 2 nitrogen and oxygen atoms in total. The molecule has 0 bridgehead atoms. The van der Waals surface area contributed by atoms with Gasteiger partial charge in [-0.15, -0.1) is 0 Å². The van der Waals surface area contributed by atoms with Crippen LogP contribution in [-0.4, -0.2) is 13.1 Å². The van der Waals surface area contributed by atoms with Crippen molar-refractivity contribution < 1.29 is 0 Å². The molecule has 0 radical (unpaired) electrons. The van der Waals surface area contributed by atoms with Gasteiger partial charge < -0.3 is 9.80 Å². The number of hydrogen-bond acceptors (Lipinski definition) is 2. The summed E-state index contributed by atoms with van der Waals surface area (Å²) in [5.74, 6) is 0. The Morgan fingerprint density at radius 3 is 1.64 bits per heavy atom. The second-order valence-corrected chi connectivity index (χ2v) is 6.85. The minimum Gasteiger partial charge on any atom is -0.346 e. The highest BCUT2D eigenvalue weighted by Gasteiger charge is 2.33. The van der Waals surface area contributed by atoms with Crippen molar-refractivity contribution in [3.05, 3.63) is 95.6 Å². The summed E-state index contributed by atoms with van der Waals surface area (Å²) in [4.78, 5) is 5.04. The molecule has 126 valence electrons. The number of hydrogen-bond donors (Lipinski definition) is 0. The highest BCUT2D eigenvalue weighted by molar-refractivity contribution is 5.60. The van der Waals surface area contributed by atoms with Crippen molar-refractivity contribution >= 4 is 11.4 Å². The first-order valence-corrected chi connectivity index (χ1v) is 8.94. The number of benzene rings is 3. The fraction of sp³-hybridized carbons (Fsp3) is 0.217. The largest absolute Gasteiger partial charge is 0.346 e. The van der Waals surface area contributed by atoms with Crippen LogP contribution in [0.1, 0.15) is 22.9 Å². The highest BCUT2D eigenvalue weighted by Crippen LogP contribution is 2.38. The molecule has 2 heteroatoms. The fourth-order valence-electron chi connectivity index (χ4n) is 3.77. The van der Waals surface area contributed by atoms with Gasteiger partial charge in [-0.25, -0.2) is 0 Å². The van der Waals surface area contributed by atoms with E-state index in [9.17, 15) is 0 Å². The zero-order valence-electron chi connectivity index (χ0n) is 14.9. The molecule has 25 heavy (non-hydrogen) atoms. The lowest BCUT2D eigenvalue weighted by Crippen LogP contribution is -2.31. The van der Waals surface area contributed by atoms with E-state index >= 15 is 0 Å². The molecule has 1 saturated heterocycles. The van der Waals surface area contributed by atoms with Gasteiger partial charge in [-0.3, -0.25) is 0 Å². The van der Waals surface area contributed by atoms with Crippen LogP contribution in [0.2, 0.25) is 0 Å². The van der Waals surface area contributed by atoms with Gasteiger partial charge in [-0.2, -0.15) is 0 Å². The summed E-state index contributed by atoms with van der Waals surface area (Å²) in [6.07, 6.45) is 0.227. The van der Waals surface area contributed by atoms with E-state index in [-0.39, 0.29) is 6.17 Å². The molecule has 0 saturated carbocycles. The molecule has 0 atom stereocenters. The first-order valence-electron chi connectivity index (χ1n) is 8.94. The summed E-state index contributed by atoms with van der Waals surface area (Å²) < 4.78 is 0. The maximum absolute atomic E-state index is 2.52. The molecule has 1 fully saturated rings. The van der Waals surface area contributed by atoms with Gasteiger partial charge in [0.05, 0.1) is 0 Å². The van der Waals surface area contributed by atoms with Gasteiger partial charge >= 0.3 is 0 Å². The smallest absolute Gasteiger partial charge is 0.128 e. The minimum absolute atomic E-state index is 0.227. The van der Waals surface area contributed by atoms with Crippen molar-refractivity contribution in [1.82, 2.24) is 0 Å². The Labute approximate surface area is 150 Å². The first kappa shape index (κ1) is 15.8. The second kappa shape index (κ2) is 6.64. The van der Waals surface area contributed by atoms with E-state index in [1.54, 1.807) is 0 Å². The van der Waals surface area contributed by atoms with Gasteiger partial charge in [-0.05, 0) is 54.8 Å². The lowest BCUT2D eigenvalue weighted by molar-refractivity contribution is 0.717. The SMILES string of the molecule is Cc1cccc(N2CCN(c3cccc(C)c3)C2c2ccccc2)c1. The number of nitrogens with zero attached hydrogens (tertiary/aromatic N) is 2. The van der Waals surface area contributed by atoms with Crippen molar-refractivity contribution in [3.8, 4) is 0 Å². The molecule has 0 N–H and O–H groups in total. The van der Waals surface area contributed by atoms with E-state index < -0.39 is 0 Å². The van der Waals surface area contributed by atoms with Gasteiger partial charge in [0.1, 0.15) is 6.17 Å². The molecule has 0 aromatic heterocycles. The van der Waals surface area contributed by atoms with E-state index in [0.29, 0.717) is 0 Å². The average molecular weight is 328 g/mol. The Balaban J connectivity index is 1.78. The molecular weight excluding hydrogens is 304 g/mol. The van der Waals surface area contributed by atoms with Gasteiger partial charge in [0.25, 0.3) is 0 Å². The van der Waals surface area contributed by atoms with Crippen molar-refractivity contribution in [3.63, 3.8) is 0 Å². The van der Waals surface area contributed by atoms with E-state index in [1.807, 2.05) is 0 Å². The maximum Gasteiger partial charge on any atom is 0.128 e. The van der Waals surface area contributed by atoms with Crippen molar-refractivity contribution in [2.24, 2.45) is 0 Å². The lowest BCUT2D eigenvalue weighted by atomic mass is 10.1. The molecule has 0 amide bonds. The van der Waals surface area contributed by atoms with Gasteiger partial charge in [0.2, 0.25) is 0 Å². The zero-order chi connectivity index (χ0) is 17.2. The summed E-state index contributed by atoms with van der Waals surface area (Å²) in [5, 5.41) is 0. The molecule has 0 unspecified atom stereocenters. The Morgan fingerprint density at radius 2 is 1.16 bits per heavy atom. The van der Waals surface area contributed by atoms with E-state index in [1.165, 1.54) is 28.1 Å². The first-order chi connectivity index (χ1) is 12.2. The van der Waals surface area contributed by atoms with Crippen molar-refractivity contribution in [2.45, 2.75) is 20.0 Å². The third kappa shape index (κ3) is 3.12. The van der Waals surface area contributed by atoms with E-state index in [0.717, 1.165) is 13.1 Å². The molecular formula is C23H24N2. The lowest BCUT2D eigenvalue weighted by Gasteiger charge is -2.33. The number of anilines is 2. The van der Waals surface area contributed by atoms with Crippen molar-refractivity contribution in [2.75, 3.05) is 22.9 Å². The Morgan fingerprint density at radius 1 is 0.640 bits per heavy atom. The molecule has 1 heterocycles. The van der Waals surface area contributed by atoms with Gasteiger partial charge in [0, 0.05) is 24.5 Å². The minimum atomic E-state index is 0.227. The Hall–Kier alpha value is -2.74. The predicted octanol–water partition coefficient (Wildman–Crippen LogP) is 5.33. The summed E-state index contributed by atoms with van der Waals surface area (Å²) >= 11 is 0. The fourth-order valence-corrected chi connectivity index (χ4v) is 3.77. The predicted molar refractivity (Wildman–Crippen MR) is 106 cm³/mol. The van der Waals surface area contributed by atoms with E-state index in [2.05, 4.69) is 103 Å². The van der Waals surface area contributed by atoms with Crippen molar-refractivity contribution in [1.29, 1.82) is 0 Å². The van der Waals surface area contributed by atoms with Crippen LogP contribution in [0.15, 0.2) is 78.9 Å². The number of rotatable bonds is 3. The van der Waals surface area contributed by atoms with Crippen LogP contribution >= 0.6 is 0 Å². The van der Waals surface area contributed by atoms with E-state index in [4.69, 9.17) is 0 Å². The normalized spacial score (nSPS) is 15.0. The van der Waals surface area contributed by atoms with Crippen LogP contribution in [0.4, 0.5) is 11.4 Å². The average Bonchev–Trinajstić information content (AvgIpc) is 3.07. The number of aryl methyl sites for hydroxylation is 2. The summed E-state index contributed by atoms with van der Waals surface area (Å²) in [7, 11) is 0. The van der Waals surface area contributed by atoms with Crippen LogP contribution in [0.25, 0.3) is 0 Å². The zero-order valence-corrected chi connectivity index (χ0v) is 14.9. The summed E-state index contributed by atoms with van der Waals surface area (Å²) in [6.45, 7) is 6.37. The standard InChI is InChI=1S/C23H24N2/c1-18-8-6-12-21(16-18)24-14-15-25(22-13-7-9-19(2)17-22)23(24)20-10-4-3-5-11-20/h3-13,16-17,23H,14-15H2,1-2H3. The third-order valence-corrected chi connectivity index (χ3v) is 4.94. The molecule has 0 spiro atoms. The van der Waals surface area contributed by atoms with Crippen LogP contribution < -0.4 is 9.80 Å². The topological polar surface area (TPSA) is 6.48 Å². The van der Waals surface area contributed by atoms with Gasteiger partial charge in [-0.1, -0.05) is 54.6 Å². The van der Waals surface area contributed by atoms with Crippen LogP contribution in [0.5, 0.6) is 0 Å².